The average Bonchev–Trinajstić information content (AvgIpc) is 3.40. The summed E-state index contributed by atoms with van der Waals surface area (Å²) in [6.45, 7) is -0.321. The van der Waals surface area contributed by atoms with E-state index >= 15 is 0 Å². The van der Waals surface area contributed by atoms with Gasteiger partial charge in [0, 0.05) is 5.56 Å². The molecule has 9 heteroatoms. The highest BCUT2D eigenvalue weighted by atomic mass is 32.2. The third-order valence-corrected chi connectivity index (χ3v) is 6.13. The summed E-state index contributed by atoms with van der Waals surface area (Å²) in [7, 11) is -2.68. The first-order chi connectivity index (χ1) is 12.9. The monoisotopic (exact) mass is 407 g/mol. The minimum atomic E-state index is -3.93. The Hall–Kier alpha value is -2.46. The molecule has 0 amide bonds. The third-order valence-electron chi connectivity index (χ3n) is 4.03. The zero-order chi connectivity index (χ0) is 19.5. The Morgan fingerprint density at radius 2 is 2.00 bits per heavy atom. The van der Waals surface area contributed by atoms with Gasteiger partial charge >= 0.3 is 5.97 Å². The number of carbonyl (C=O) groups excluding carboxylic acids is 1. The second-order valence-electron chi connectivity index (χ2n) is 5.69. The summed E-state index contributed by atoms with van der Waals surface area (Å²) in [5, 5.41) is 14.6. The van der Waals surface area contributed by atoms with Crippen LogP contribution in [0.3, 0.4) is 0 Å². The molecule has 1 atom stereocenters. The predicted molar refractivity (Wildman–Crippen MR) is 99.0 cm³/mol. The molecule has 0 aliphatic carbocycles. The zero-order valence-electron chi connectivity index (χ0n) is 14.3. The molecule has 27 heavy (non-hydrogen) atoms. The number of rotatable bonds is 7. The lowest BCUT2D eigenvalue weighted by atomic mass is 9.94. The molecule has 0 unspecified atom stereocenters. The van der Waals surface area contributed by atoms with Crippen molar-refractivity contribution in [2.75, 3.05) is 13.7 Å². The maximum Gasteiger partial charge on any atom is 0.337 e. The van der Waals surface area contributed by atoms with Gasteiger partial charge in [-0.2, -0.15) is 11.3 Å². The van der Waals surface area contributed by atoms with Gasteiger partial charge in [0.25, 0.3) is 0 Å². The van der Waals surface area contributed by atoms with Gasteiger partial charge in [-0.25, -0.2) is 17.9 Å². The first kappa shape index (κ1) is 19.3. The SMILES string of the molecule is COC(=O)c1ccc(S(=O)(=O)NC[C@@](O)(c2ccsc2)c2ccco2)cc1. The molecule has 2 aromatic heterocycles. The Labute approximate surface area is 160 Å². The largest absolute Gasteiger partial charge is 0.466 e. The van der Waals surface area contributed by atoms with Crippen LogP contribution in [0.1, 0.15) is 21.7 Å². The van der Waals surface area contributed by atoms with Gasteiger partial charge < -0.3 is 14.3 Å². The summed E-state index contributed by atoms with van der Waals surface area (Å²) < 4.78 is 37.5. The molecule has 0 saturated heterocycles. The van der Waals surface area contributed by atoms with Crippen molar-refractivity contribution in [2.45, 2.75) is 10.5 Å². The van der Waals surface area contributed by atoms with Crippen molar-refractivity contribution in [3.63, 3.8) is 0 Å². The van der Waals surface area contributed by atoms with Crippen LogP contribution in [0.4, 0.5) is 0 Å². The molecule has 0 aliphatic rings. The van der Waals surface area contributed by atoms with Gasteiger partial charge in [-0.3, -0.25) is 0 Å². The van der Waals surface area contributed by atoms with Gasteiger partial charge in [0.05, 0.1) is 30.4 Å². The molecule has 0 spiro atoms. The summed E-state index contributed by atoms with van der Waals surface area (Å²) in [4.78, 5) is 11.4. The molecule has 142 valence electrons. The van der Waals surface area contributed by atoms with E-state index < -0.39 is 21.6 Å². The zero-order valence-corrected chi connectivity index (χ0v) is 15.9. The number of benzene rings is 1. The van der Waals surface area contributed by atoms with Crippen LogP contribution in [0, 0.1) is 0 Å². The highest BCUT2D eigenvalue weighted by molar-refractivity contribution is 7.89. The standard InChI is InChI=1S/C18H17NO6S2/c1-24-17(20)13-4-6-15(7-5-13)27(22,23)19-12-18(21,14-8-10-26-11-14)16-3-2-9-25-16/h2-11,19,21H,12H2,1H3/t18-/m1/s1. The Kier molecular flexibility index (Phi) is 5.47. The fourth-order valence-electron chi connectivity index (χ4n) is 2.52. The molecule has 2 heterocycles. The van der Waals surface area contributed by atoms with Gasteiger partial charge in [-0.1, -0.05) is 0 Å². The predicted octanol–water partition coefficient (Wildman–Crippen LogP) is 2.34. The summed E-state index contributed by atoms with van der Waals surface area (Å²) in [5.74, 6) is -0.332. The number of methoxy groups -OCH3 is 1. The van der Waals surface area contributed by atoms with Crippen molar-refractivity contribution in [3.05, 3.63) is 76.4 Å². The summed E-state index contributed by atoms with van der Waals surface area (Å²) in [6, 6.07) is 10.2. The van der Waals surface area contributed by atoms with Crippen molar-refractivity contribution < 1.29 is 27.5 Å². The van der Waals surface area contributed by atoms with Crippen LogP contribution in [-0.2, 0) is 20.4 Å². The van der Waals surface area contributed by atoms with Crippen LogP contribution in [0.15, 0.2) is 68.8 Å². The average molecular weight is 407 g/mol. The first-order valence-electron chi connectivity index (χ1n) is 7.84. The smallest absolute Gasteiger partial charge is 0.337 e. The van der Waals surface area contributed by atoms with Crippen LogP contribution >= 0.6 is 11.3 Å². The van der Waals surface area contributed by atoms with Gasteiger partial charge in [0.2, 0.25) is 10.0 Å². The number of esters is 1. The Bertz CT molecular complexity index is 959. The molecule has 1 aromatic carbocycles. The maximum atomic E-state index is 12.6. The van der Waals surface area contributed by atoms with Gasteiger partial charge in [0.1, 0.15) is 5.76 Å². The van der Waals surface area contributed by atoms with E-state index in [1.54, 1.807) is 29.0 Å². The number of thiophene rings is 1. The normalized spacial score (nSPS) is 13.9. The summed E-state index contributed by atoms with van der Waals surface area (Å²) >= 11 is 1.38. The Balaban J connectivity index is 1.84. The molecule has 0 fully saturated rings. The number of hydrogen-bond acceptors (Lipinski definition) is 7. The van der Waals surface area contributed by atoms with Gasteiger partial charge in [-0.15, -0.1) is 0 Å². The van der Waals surface area contributed by atoms with Crippen molar-refractivity contribution >= 4 is 27.3 Å². The van der Waals surface area contributed by atoms with Crippen molar-refractivity contribution in [2.24, 2.45) is 0 Å². The quantitative estimate of drug-likeness (QED) is 0.583. The lowest BCUT2D eigenvalue weighted by Crippen LogP contribution is -2.41. The van der Waals surface area contributed by atoms with E-state index in [9.17, 15) is 18.3 Å². The number of aliphatic hydroxyl groups is 1. The van der Waals surface area contributed by atoms with E-state index in [0.717, 1.165) is 0 Å². The lowest BCUT2D eigenvalue weighted by Gasteiger charge is -2.25. The Morgan fingerprint density at radius 1 is 1.26 bits per heavy atom. The van der Waals surface area contributed by atoms with E-state index in [4.69, 9.17) is 4.42 Å². The van der Waals surface area contributed by atoms with Crippen LogP contribution in [0.2, 0.25) is 0 Å². The number of hydrogen-bond donors (Lipinski definition) is 2. The highest BCUT2D eigenvalue weighted by Crippen LogP contribution is 2.31. The summed E-state index contributed by atoms with van der Waals surface area (Å²) in [5.41, 5.74) is -0.893. The molecular formula is C18H17NO6S2. The molecule has 2 N–H and O–H groups in total. The van der Waals surface area contributed by atoms with E-state index in [1.165, 1.54) is 49.0 Å². The number of sulfonamides is 1. The van der Waals surface area contributed by atoms with E-state index in [2.05, 4.69) is 9.46 Å². The fraction of sp³-hybridized carbons (Fsp3) is 0.167. The molecular weight excluding hydrogens is 390 g/mol. The number of furan rings is 1. The fourth-order valence-corrected chi connectivity index (χ4v) is 4.30. The Morgan fingerprint density at radius 3 is 2.56 bits per heavy atom. The minimum Gasteiger partial charge on any atom is -0.466 e. The molecule has 0 aliphatic heterocycles. The second-order valence-corrected chi connectivity index (χ2v) is 8.24. The van der Waals surface area contributed by atoms with Crippen molar-refractivity contribution in [1.82, 2.24) is 4.72 Å². The molecule has 7 nitrogen and oxygen atoms in total. The van der Waals surface area contributed by atoms with E-state index in [1.807, 2.05) is 0 Å². The van der Waals surface area contributed by atoms with Crippen LogP contribution in [-0.4, -0.2) is 33.1 Å². The number of ether oxygens (including phenoxy) is 1. The molecule has 3 aromatic rings. The topological polar surface area (TPSA) is 106 Å². The molecule has 0 bridgehead atoms. The third kappa shape index (κ3) is 3.96. The summed E-state index contributed by atoms with van der Waals surface area (Å²) in [6.07, 6.45) is 1.41. The highest BCUT2D eigenvalue weighted by Gasteiger charge is 2.36. The van der Waals surface area contributed by atoms with Gasteiger partial charge in [-0.05, 0) is 53.2 Å². The van der Waals surface area contributed by atoms with Gasteiger partial charge in [0.15, 0.2) is 5.60 Å². The van der Waals surface area contributed by atoms with Crippen molar-refractivity contribution in [1.29, 1.82) is 0 Å². The maximum absolute atomic E-state index is 12.6. The second kappa shape index (κ2) is 7.65. The van der Waals surface area contributed by atoms with Crippen LogP contribution in [0.5, 0.6) is 0 Å². The van der Waals surface area contributed by atoms with Crippen LogP contribution in [0.25, 0.3) is 0 Å². The molecule has 0 radical (unpaired) electrons. The van der Waals surface area contributed by atoms with Crippen molar-refractivity contribution in [3.8, 4) is 0 Å². The lowest BCUT2D eigenvalue weighted by molar-refractivity contribution is 0.0600. The van der Waals surface area contributed by atoms with E-state index in [0.29, 0.717) is 5.56 Å². The minimum absolute atomic E-state index is 0.0396. The molecule has 0 saturated carbocycles. The first-order valence-corrected chi connectivity index (χ1v) is 10.3. The number of nitrogens with one attached hydrogen (secondary N) is 1. The van der Waals surface area contributed by atoms with E-state index in [-0.39, 0.29) is 22.8 Å². The number of carbonyl (C=O) groups is 1. The molecule has 3 rings (SSSR count). The van der Waals surface area contributed by atoms with Crippen LogP contribution < -0.4 is 4.72 Å².